The van der Waals surface area contributed by atoms with E-state index < -0.39 is 17.5 Å². The summed E-state index contributed by atoms with van der Waals surface area (Å²) in [6.07, 6.45) is 3.42. The molecule has 1 saturated carbocycles. The second-order valence-electron chi connectivity index (χ2n) is 9.96. The van der Waals surface area contributed by atoms with E-state index in [0.29, 0.717) is 35.2 Å². The predicted molar refractivity (Wildman–Crippen MR) is 111 cm³/mol. The molecule has 1 unspecified atom stereocenters. The van der Waals surface area contributed by atoms with Gasteiger partial charge in [0.25, 0.3) is 0 Å². The van der Waals surface area contributed by atoms with Crippen LogP contribution in [0.1, 0.15) is 40.0 Å². The average Bonchev–Trinajstić information content (AvgIpc) is 3.21. The van der Waals surface area contributed by atoms with E-state index in [-0.39, 0.29) is 11.3 Å². The van der Waals surface area contributed by atoms with Gasteiger partial charge in [-0.2, -0.15) is 0 Å². The molecule has 0 radical (unpaired) electrons. The largest absolute Gasteiger partial charge is 0.366 e. The minimum Gasteiger partial charge on any atom is -0.366 e. The van der Waals surface area contributed by atoms with Crippen LogP contribution in [-0.4, -0.2) is 40.8 Å². The van der Waals surface area contributed by atoms with Crippen LogP contribution in [0, 0.1) is 34.7 Å². The Balaban J connectivity index is 1.33. The van der Waals surface area contributed by atoms with Crippen molar-refractivity contribution in [1.29, 1.82) is 0 Å². The number of likely N-dealkylation sites (tertiary alicyclic amines) is 1. The molecule has 1 aliphatic heterocycles. The van der Waals surface area contributed by atoms with Crippen LogP contribution in [0.4, 0.5) is 19.0 Å². The first kappa shape index (κ1) is 21.1. The first-order chi connectivity index (χ1) is 14.2. The summed E-state index contributed by atoms with van der Waals surface area (Å²) < 4.78 is 40.8. The lowest BCUT2D eigenvalue weighted by Crippen LogP contribution is -2.28. The summed E-state index contributed by atoms with van der Waals surface area (Å²) in [7, 11) is 0. The maximum Gasteiger partial charge on any atom is 0.168 e. The number of benzene rings is 1. The van der Waals surface area contributed by atoms with Gasteiger partial charge >= 0.3 is 0 Å². The number of anilines is 1. The van der Waals surface area contributed by atoms with Gasteiger partial charge in [0, 0.05) is 30.8 Å². The molecule has 1 N–H and O–H groups in total. The molecule has 2 aromatic rings. The number of hydrogen-bond acceptors (Lipinski definition) is 4. The highest BCUT2D eigenvalue weighted by molar-refractivity contribution is 5.60. The highest BCUT2D eigenvalue weighted by atomic mass is 19.2. The van der Waals surface area contributed by atoms with Gasteiger partial charge in [-0.15, -0.1) is 10.2 Å². The molecule has 162 valence electrons. The zero-order chi connectivity index (χ0) is 21.5. The fourth-order valence-electron chi connectivity index (χ4n) is 4.70. The first-order valence-electron chi connectivity index (χ1n) is 10.7. The average molecular weight is 419 g/mol. The molecule has 4 nitrogen and oxygen atoms in total. The van der Waals surface area contributed by atoms with Gasteiger partial charge in [-0.3, -0.25) is 0 Å². The van der Waals surface area contributed by atoms with Crippen molar-refractivity contribution in [3.63, 3.8) is 0 Å². The minimum absolute atomic E-state index is 0.106. The Morgan fingerprint density at radius 2 is 1.73 bits per heavy atom. The molecule has 2 fully saturated rings. The molecule has 2 heterocycles. The Labute approximate surface area is 175 Å². The molecule has 2 aliphatic rings. The second kappa shape index (κ2) is 8.17. The zero-order valence-electron chi connectivity index (χ0n) is 17.8. The molecule has 0 amide bonds. The third-order valence-corrected chi connectivity index (χ3v) is 6.29. The van der Waals surface area contributed by atoms with E-state index in [0.717, 1.165) is 32.0 Å². The van der Waals surface area contributed by atoms with Gasteiger partial charge in [-0.1, -0.05) is 20.8 Å². The van der Waals surface area contributed by atoms with Gasteiger partial charge < -0.3 is 10.2 Å². The van der Waals surface area contributed by atoms with Crippen molar-refractivity contribution < 1.29 is 13.2 Å². The van der Waals surface area contributed by atoms with Crippen LogP contribution >= 0.6 is 0 Å². The zero-order valence-corrected chi connectivity index (χ0v) is 17.8. The summed E-state index contributed by atoms with van der Waals surface area (Å²) in [5, 5.41) is 11.5. The summed E-state index contributed by atoms with van der Waals surface area (Å²) in [6.45, 7) is 10.3. The monoisotopic (exact) mass is 418 g/mol. The Morgan fingerprint density at radius 3 is 2.33 bits per heavy atom. The number of hydrogen-bond donors (Lipinski definition) is 1. The van der Waals surface area contributed by atoms with E-state index in [1.165, 1.54) is 19.0 Å². The molecule has 3 atom stereocenters. The lowest BCUT2D eigenvalue weighted by molar-refractivity contribution is 0.250. The maximum atomic E-state index is 13.9. The van der Waals surface area contributed by atoms with Gasteiger partial charge in [0.05, 0.1) is 5.69 Å². The van der Waals surface area contributed by atoms with Gasteiger partial charge in [0.15, 0.2) is 11.6 Å². The summed E-state index contributed by atoms with van der Waals surface area (Å²) in [6, 6.07) is 5.02. The van der Waals surface area contributed by atoms with Gasteiger partial charge in [-0.25, -0.2) is 13.2 Å². The van der Waals surface area contributed by atoms with Gasteiger partial charge in [0.2, 0.25) is 0 Å². The maximum absolute atomic E-state index is 13.9. The Morgan fingerprint density at radius 1 is 1.03 bits per heavy atom. The van der Waals surface area contributed by atoms with Crippen LogP contribution in [0.3, 0.4) is 0 Å². The first-order valence-corrected chi connectivity index (χ1v) is 10.7. The summed E-state index contributed by atoms with van der Waals surface area (Å²) >= 11 is 0. The standard InChI is InChI=1S/C23H29F3N4/c1-23(2,3)6-7-30-12-14-8-17(9-15(14)13-30)27-21-5-4-20(28-29-21)18-10-16(24)11-19(25)22(18)26/h4-5,10-11,14-15,17H,6-9,12-13H2,1-3H3,(H,27,29)/t14-,15+,17?. The highest BCUT2D eigenvalue weighted by Crippen LogP contribution is 2.39. The molecule has 0 bridgehead atoms. The number of nitrogens with zero attached hydrogens (tertiary/aromatic N) is 3. The Bertz CT molecular complexity index is 881. The van der Waals surface area contributed by atoms with E-state index in [2.05, 4.69) is 41.2 Å². The van der Waals surface area contributed by atoms with Crippen molar-refractivity contribution in [2.45, 2.75) is 46.1 Å². The van der Waals surface area contributed by atoms with Crippen molar-refractivity contribution in [3.05, 3.63) is 41.7 Å². The van der Waals surface area contributed by atoms with Crippen molar-refractivity contribution in [3.8, 4) is 11.3 Å². The van der Waals surface area contributed by atoms with Crippen LogP contribution in [0.15, 0.2) is 24.3 Å². The third-order valence-electron chi connectivity index (χ3n) is 6.29. The van der Waals surface area contributed by atoms with Crippen LogP contribution in [0.2, 0.25) is 0 Å². The number of nitrogens with one attached hydrogen (secondary N) is 1. The van der Waals surface area contributed by atoms with Crippen molar-refractivity contribution >= 4 is 5.82 Å². The molecular formula is C23H29F3N4. The fourth-order valence-corrected chi connectivity index (χ4v) is 4.70. The third kappa shape index (κ3) is 4.77. The summed E-state index contributed by atoms with van der Waals surface area (Å²) in [5.41, 5.74) is 0.249. The van der Waals surface area contributed by atoms with Gasteiger partial charge in [-0.05, 0) is 61.3 Å². The predicted octanol–water partition coefficient (Wildman–Crippen LogP) is 5.12. The van der Waals surface area contributed by atoms with E-state index in [4.69, 9.17) is 0 Å². The SMILES string of the molecule is CC(C)(C)CCN1C[C@H]2CC(Nc3ccc(-c4cc(F)cc(F)c4F)nn3)C[C@H]2C1. The fraction of sp³-hybridized carbons (Fsp3) is 0.565. The van der Waals surface area contributed by atoms with E-state index in [9.17, 15) is 13.2 Å². The Kier molecular flexibility index (Phi) is 5.75. The summed E-state index contributed by atoms with van der Waals surface area (Å²) in [4.78, 5) is 2.60. The van der Waals surface area contributed by atoms with Crippen LogP contribution in [0.5, 0.6) is 0 Å². The topological polar surface area (TPSA) is 41.0 Å². The lowest BCUT2D eigenvalue weighted by Gasteiger charge is -2.24. The van der Waals surface area contributed by atoms with Crippen LogP contribution < -0.4 is 5.32 Å². The van der Waals surface area contributed by atoms with Crippen molar-refractivity contribution in [1.82, 2.24) is 15.1 Å². The summed E-state index contributed by atoms with van der Waals surface area (Å²) in [5.74, 6) is -1.18. The number of halogens is 3. The van der Waals surface area contributed by atoms with Crippen molar-refractivity contribution in [2.24, 2.45) is 17.3 Å². The number of rotatable bonds is 5. The molecule has 1 aliphatic carbocycles. The normalized spacial score (nSPS) is 24.3. The van der Waals surface area contributed by atoms with Crippen LogP contribution in [0.25, 0.3) is 11.3 Å². The number of fused-ring (bicyclic) bond motifs is 1. The highest BCUT2D eigenvalue weighted by Gasteiger charge is 2.40. The lowest BCUT2D eigenvalue weighted by atomic mass is 9.92. The molecule has 1 aromatic carbocycles. The Hall–Kier alpha value is -2.15. The van der Waals surface area contributed by atoms with E-state index >= 15 is 0 Å². The molecule has 0 spiro atoms. The second-order valence-corrected chi connectivity index (χ2v) is 9.96. The quantitative estimate of drug-likeness (QED) is 0.685. The number of aromatic nitrogens is 2. The van der Waals surface area contributed by atoms with E-state index in [1.807, 2.05) is 0 Å². The molecular weight excluding hydrogens is 389 g/mol. The molecule has 30 heavy (non-hydrogen) atoms. The van der Waals surface area contributed by atoms with Crippen molar-refractivity contribution in [2.75, 3.05) is 25.0 Å². The smallest absolute Gasteiger partial charge is 0.168 e. The molecule has 4 rings (SSSR count). The minimum atomic E-state index is -1.23. The molecule has 1 aromatic heterocycles. The van der Waals surface area contributed by atoms with Crippen LogP contribution in [-0.2, 0) is 0 Å². The molecule has 1 saturated heterocycles. The molecule has 7 heteroatoms. The van der Waals surface area contributed by atoms with E-state index in [1.54, 1.807) is 6.07 Å². The van der Waals surface area contributed by atoms with Gasteiger partial charge in [0.1, 0.15) is 11.6 Å².